The van der Waals surface area contributed by atoms with Crippen molar-refractivity contribution in [3.8, 4) is 0 Å². The Bertz CT molecular complexity index is 693. The maximum absolute atomic E-state index is 12.6. The zero-order valence-electron chi connectivity index (χ0n) is 13.6. The van der Waals surface area contributed by atoms with Crippen molar-refractivity contribution in [2.45, 2.75) is 45.7 Å². The van der Waals surface area contributed by atoms with Crippen LogP contribution >= 0.6 is 11.6 Å². The largest absolute Gasteiger partial charge is 0.336 e. The molecule has 0 spiro atoms. The lowest BCUT2D eigenvalue weighted by atomic mass is 10.0. The summed E-state index contributed by atoms with van der Waals surface area (Å²) in [7, 11) is 0. The number of carbonyl (C=O) groups is 1. The second-order valence-corrected chi connectivity index (χ2v) is 6.63. The SMILES string of the molecule is Cc1cc(C)n(CCC(=O)N2CCCC2c2ccc(Cl)cc2)n1. The number of carbonyl (C=O) groups excluding carboxylic acids is 1. The molecule has 2 heterocycles. The summed E-state index contributed by atoms with van der Waals surface area (Å²) in [6, 6.07) is 10.1. The molecule has 122 valence electrons. The highest BCUT2D eigenvalue weighted by Crippen LogP contribution is 2.32. The van der Waals surface area contributed by atoms with Gasteiger partial charge in [0.2, 0.25) is 5.91 Å². The van der Waals surface area contributed by atoms with Crippen LogP contribution < -0.4 is 0 Å². The summed E-state index contributed by atoms with van der Waals surface area (Å²) in [5.41, 5.74) is 3.27. The summed E-state index contributed by atoms with van der Waals surface area (Å²) >= 11 is 5.96. The van der Waals surface area contributed by atoms with Gasteiger partial charge in [0.05, 0.1) is 11.7 Å². The summed E-state index contributed by atoms with van der Waals surface area (Å²) in [5.74, 6) is 0.204. The molecular formula is C18H22ClN3O. The lowest BCUT2D eigenvalue weighted by Gasteiger charge is -2.25. The van der Waals surface area contributed by atoms with Gasteiger partial charge in [0.25, 0.3) is 0 Å². The van der Waals surface area contributed by atoms with Crippen LogP contribution in [-0.2, 0) is 11.3 Å². The number of likely N-dealkylation sites (tertiary alicyclic amines) is 1. The third-order valence-electron chi connectivity index (χ3n) is 4.47. The van der Waals surface area contributed by atoms with E-state index in [4.69, 9.17) is 11.6 Å². The molecule has 5 heteroatoms. The first-order valence-electron chi connectivity index (χ1n) is 8.10. The molecule has 23 heavy (non-hydrogen) atoms. The summed E-state index contributed by atoms with van der Waals surface area (Å²) in [5, 5.41) is 5.16. The molecule has 0 aliphatic carbocycles. The molecule has 1 fully saturated rings. The monoisotopic (exact) mass is 331 g/mol. The molecule has 4 nitrogen and oxygen atoms in total. The fourth-order valence-corrected chi connectivity index (χ4v) is 3.47. The van der Waals surface area contributed by atoms with E-state index in [-0.39, 0.29) is 11.9 Å². The zero-order valence-corrected chi connectivity index (χ0v) is 14.4. The van der Waals surface area contributed by atoms with E-state index in [2.05, 4.69) is 5.10 Å². The lowest BCUT2D eigenvalue weighted by molar-refractivity contribution is -0.132. The summed E-state index contributed by atoms with van der Waals surface area (Å²) < 4.78 is 1.92. The topological polar surface area (TPSA) is 38.1 Å². The molecule has 1 aromatic carbocycles. The molecule has 1 aromatic heterocycles. The van der Waals surface area contributed by atoms with Crippen molar-refractivity contribution < 1.29 is 4.79 Å². The van der Waals surface area contributed by atoms with Gasteiger partial charge >= 0.3 is 0 Å². The third-order valence-corrected chi connectivity index (χ3v) is 4.72. The quantitative estimate of drug-likeness (QED) is 0.852. The van der Waals surface area contributed by atoms with E-state index >= 15 is 0 Å². The molecule has 1 aliphatic heterocycles. The van der Waals surface area contributed by atoms with Crippen LogP contribution in [0.5, 0.6) is 0 Å². The van der Waals surface area contributed by atoms with Gasteiger partial charge in [-0.05, 0) is 50.5 Å². The van der Waals surface area contributed by atoms with Crippen molar-refractivity contribution in [2.24, 2.45) is 0 Å². The van der Waals surface area contributed by atoms with Crippen LogP contribution in [-0.4, -0.2) is 27.1 Å². The number of hydrogen-bond acceptors (Lipinski definition) is 2. The zero-order chi connectivity index (χ0) is 16.4. The number of nitrogens with zero attached hydrogens (tertiary/aromatic N) is 3. The number of aryl methyl sites for hydroxylation is 3. The van der Waals surface area contributed by atoms with Gasteiger partial charge in [0.1, 0.15) is 0 Å². The van der Waals surface area contributed by atoms with Gasteiger partial charge in [-0.15, -0.1) is 0 Å². The van der Waals surface area contributed by atoms with E-state index in [0.717, 1.165) is 35.8 Å². The maximum Gasteiger partial charge on any atom is 0.224 e. The van der Waals surface area contributed by atoms with E-state index in [1.54, 1.807) is 0 Å². The van der Waals surface area contributed by atoms with E-state index in [1.165, 1.54) is 5.56 Å². The summed E-state index contributed by atoms with van der Waals surface area (Å²) in [6.07, 6.45) is 2.57. The Morgan fingerprint density at radius 2 is 2.04 bits per heavy atom. The molecule has 1 saturated heterocycles. The highest BCUT2D eigenvalue weighted by atomic mass is 35.5. The molecule has 1 unspecified atom stereocenters. The Hall–Kier alpha value is -1.81. The van der Waals surface area contributed by atoms with Crippen molar-refractivity contribution in [2.75, 3.05) is 6.54 Å². The average molecular weight is 332 g/mol. The molecule has 0 saturated carbocycles. The van der Waals surface area contributed by atoms with Gasteiger partial charge < -0.3 is 4.90 Å². The first-order chi connectivity index (χ1) is 11.0. The molecule has 2 aromatic rings. The van der Waals surface area contributed by atoms with Gasteiger partial charge in [-0.25, -0.2) is 0 Å². The highest BCUT2D eigenvalue weighted by Gasteiger charge is 2.29. The molecule has 3 rings (SSSR count). The molecule has 0 N–H and O–H groups in total. The van der Waals surface area contributed by atoms with Crippen LogP contribution in [0.15, 0.2) is 30.3 Å². The average Bonchev–Trinajstić information content (AvgIpc) is 3.12. The number of rotatable bonds is 4. The number of amides is 1. The van der Waals surface area contributed by atoms with Gasteiger partial charge in [0, 0.05) is 30.2 Å². The van der Waals surface area contributed by atoms with Crippen LogP contribution in [0.2, 0.25) is 5.02 Å². The van der Waals surface area contributed by atoms with Crippen LogP contribution in [0.3, 0.4) is 0 Å². The molecule has 1 aliphatic rings. The molecule has 0 bridgehead atoms. The predicted octanol–water partition coefficient (Wildman–Crippen LogP) is 3.91. The first-order valence-corrected chi connectivity index (χ1v) is 8.48. The van der Waals surface area contributed by atoms with Crippen LogP contribution in [0.1, 0.15) is 42.3 Å². The normalized spacial score (nSPS) is 17.7. The number of aromatic nitrogens is 2. The van der Waals surface area contributed by atoms with Crippen molar-refractivity contribution in [3.05, 3.63) is 52.3 Å². The van der Waals surface area contributed by atoms with Crippen molar-refractivity contribution in [1.29, 1.82) is 0 Å². The smallest absolute Gasteiger partial charge is 0.224 e. The van der Waals surface area contributed by atoms with E-state index in [0.29, 0.717) is 13.0 Å². The van der Waals surface area contributed by atoms with Gasteiger partial charge in [-0.1, -0.05) is 23.7 Å². The minimum atomic E-state index is 0.181. The van der Waals surface area contributed by atoms with E-state index < -0.39 is 0 Å². The van der Waals surface area contributed by atoms with Crippen molar-refractivity contribution in [1.82, 2.24) is 14.7 Å². The number of halogens is 1. The van der Waals surface area contributed by atoms with Crippen LogP contribution in [0, 0.1) is 13.8 Å². The summed E-state index contributed by atoms with van der Waals surface area (Å²) in [6.45, 7) is 5.48. The van der Waals surface area contributed by atoms with E-state index in [9.17, 15) is 4.79 Å². The van der Waals surface area contributed by atoms with Crippen LogP contribution in [0.25, 0.3) is 0 Å². The predicted molar refractivity (Wildman–Crippen MR) is 91.5 cm³/mol. The Morgan fingerprint density at radius 3 is 2.70 bits per heavy atom. The molecular weight excluding hydrogens is 310 g/mol. The van der Waals surface area contributed by atoms with Gasteiger partial charge in [-0.2, -0.15) is 5.10 Å². The van der Waals surface area contributed by atoms with Crippen molar-refractivity contribution in [3.63, 3.8) is 0 Å². The fourth-order valence-electron chi connectivity index (χ4n) is 3.34. The van der Waals surface area contributed by atoms with Gasteiger partial charge in [-0.3, -0.25) is 9.48 Å². The highest BCUT2D eigenvalue weighted by molar-refractivity contribution is 6.30. The Morgan fingerprint density at radius 1 is 1.30 bits per heavy atom. The lowest BCUT2D eigenvalue weighted by Crippen LogP contribution is -2.31. The second kappa shape index (κ2) is 6.75. The molecule has 1 amide bonds. The van der Waals surface area contributed by atoms with Crippen molar-refractivity contribution >= 4 is 17.5 Å². The third kappa shape index (κ3) is 3.58. The fraction of sp³-hybridized carbons (Fsp3) is 0.444. The van der Waals surface area contributed by atoms with E-state index in [1.807, 2.05) is 53.8 Å². The minimum Gasteiger partial charge on any atom is -0.336 e. The second-order valence-electron chi connectivity index (χ2n) is 6.20. The number of hydrogen-bond donors (Lipinski definition) is 0. The number of benzene rings is 1. The Balaban J connectivity index is 1.66. The Kier molecular flexibility index (Phi) is 4.71. The van der Waals surface area contributed by atoms with Crippen LogP contribution in [0.4, 0.5) is 0 Å². The minimum absolute atomic E-state index is 0.181. The Labute approximate surface area is 142 Å². The standard InChI is InChI=1S/C18H22ClN3O/c1-13-12-14(2)22(20-13)11-9-18(23)21-10-3-4-17(21)15-5-7-16(19)8-6-15/h5-8,12,17H,3-4,9-11H2,1-2H3. The first kappa shape index (κ1) is 16.1. The summed E-state index contributed by atoms with van der Waals surface area (Å²) in [4.78, 5) is 14.7. The van der Waals surface area contributed by atoms with Gasteiger partial charge in [0.15, 0.2) is 0 Å². The molecule has 1 atom stereocenters. The maximum atomic E-state index is 12.6. The molecule has 0 radical (unpaired) electrons.